The summed E-state index contributed by atoms with van der Waals surface area (Å²) in [6, 6.07) is 6.21. The first kappa shape index (κ1) is 11.0. The van der Waals surface area contributed by atoms with Crippen LogP contribution in [0.3, 0.4) is 0 Å². The van der Waals surface area contributed by atoms with Crippen LogP contribution in [0.25, 0.3) is 10.9 Å². The monoisotopic (exact) mass is 220 g/mol. The summed E-state index contributed by atoms with van der Waals surface area (Å²) in [5.74, 6) is 5.91. The Hall–Kier alpha value is -1.52. The summed E-state index contributed by atoms with van der Waals surface area (Å²) in [4.78, 5) is 7.90. The third kappa shape index (κ3) is 2.03. The Labute approximate surface area is 94.3 Å². The molecular weight excluding hydrogens is 204 g/mol. The molecule has 2 aromatic rings. The number of aromatic amines is 1. The largest absolute Gasteiger partial charge is 0.496 e. The highest BCUT2D eigenvalue weighted by atomic mass is 16.6. The van der Waals surface area contributed by atoms with Gasteiger partial charge >= 0.3 is 0 Å². The molecule has 0 aliphatic rings. The molecule has 4 heteroatoms. The van der Waals surface area contributed by atoms with E-state index < -0.39 is 0 Å². The van der Waals surface area contributed by atoms with Crippen molar-refractivity contribution in [3.63, 3.8) is 0 Å². The second kappa shape index (κ2) is 4.55. The van der Waals surface area contributed by atoms with E-state index in [0.29, 0.717) is 6.61 Å². The molecule has 3 N–H and O–H groups in total. The summed E-state index contributed by atoms with van der Waals surface area (Å²) < 4.78 is 5.35. The van der Waals surface area contributed by atoms with E-state index >= 15 is 0 Å². The third-order valence-corrected chi connectivity index (χ3v) is 2.65. The predicted octanol–water partition coefficient (Wildman–Crippen LogP) is 1.92. The fraction of sp³-hybridized carbons (Fsp3) is 0.333. The van der Waals surface area contributed by atoms with E-state index in [0.717, 1.165) is 34.3 Å². The number of H-pyrrole nitrogens is 1. The lowest BCUT2D eigenvalue weighted by Crippen LogP contribution is -2.04. The molecule has 0 spiro atoms. The summed E-state index contributed by atoms with van der Waals surface area (Å²) in [6.45, 7) is 2.52. The van der Waals surface area contributed by atoms with Gasteiger partial charge in [0.1, 0.15) is 5.75 Å². The molecule has 16 heavy (non-hydrogen) atoms. The van der Waals surface area contributed by atoms with Crippen LogP contribution < -0.4 is 10.6 Å². The van der Waals surface area contributed by atoms with E-state index in [2.05, 4.69) is 22.0 Å². The van der Waals surface area contributed by atoms with E-state index in [4.69, 9.17) is 10.6 Å². The van der Waals surface area contributed by atoms with E-state index in [-0.39, 0.29) is 0 Å². The van der Waals surface area contributed by atoms with Gasteiger partial charge in [-0.15, -0.1) is 0 Å². The van der Waals surface area contributed by atoms with Gasteiger partial charge in [0.15, 0.2) is 0 Å². The quantitative estimate of drug-likeness (QED) is 0.774. The zero-order chi connectivity index (χ0) is 11.5. The average molecular weight is 220 g/mol. The lowest BCUT2D eigenvalue weighted by molar-refractivity contribution is 0.140. The number of rotatable bonds is 4. The van der Waals surface area contributed by atoms with Gasteiger partial charge in [0.05, 0.1) is 13.7 Å². The lowest BCUT2D eigenvalue weighted by atomic mass is 10.1. The molecule has 0 atom stereocenters. The zero-order valence-corrected chi connectivity index (χ0v) is 9.54. The van der Waals surface area contributed by atoms with Crippen LogP contribution in [0, 0.1) is 6.92 Å². The van der Waals surface area contributed by atoms with Crippen molar-refractivity contribution >= 4 is 10.9 Å². The van der Waals surface area contributed by atoms with Crippen LogP contribution in [-0.4, -0.2) is 18.7 Å². The van der Waals surface area contributed by atoms with Crippen molar-refractivity contribution in [2.75, 3.05) is 13.7 Å². The Bertz CT molecular complexity index is 491. The predicted molar refractivity (Wildman–Crippen MR) is 63.4 cm³/mol. The number of methoxy groups -OCH3 is 1. The van der Waals surface area contributed by atoms with Crippen LogP contribution in [-0.2, 0) is 11.3 Å². The fourth-order valence-corrected chi connectivity index (χ4v) is 1.90. The zero-order valence-electron chi connectivity index (χ0n) is 9.54. The van der Waals surface area contributed by atoms with Crippen LogP contribution >= 0.6 is 0 Å². The van der Waals surface area contributed by atoms with E-state index in [1.54, 1.807) is 7.11 Å². The molecular formula is C12H16N2O2. The molecule has 0 amide bonds. The molecule has 1 aromatic carbocycles. The molecule has 0 saturated carbocycles. The van der Waals surface area contributed by atoms with Crippen molar-refractivity contribution in [1.82, 2.24) is 4.98 Å². The van der Waals surface area contributed by atoms with Crippen LogP contribution in [0.5, 0.6) is 5.75 Å². The number of fused-ring (bicyclic) bond motifs is 1. The van der Waals surface area contributed by atoms with E-state index in [1.165, 1.54) is 0 Å². The number of aromatic nitrogens is 1. The van der Waals surface area contributed by atoms with Crippen molar-refractivity contribution in [3.05, 3.63) is 29.5 Å². The first-order valence-corrected chi connectivity index (χ1v) is 5.22. The molecule has 0 saturated heterocycles. The smallest absolute Gasteiger partial charge is 0.122 e. The molecule has 0 unspecified atom stereocenters. The molecule has 0 fully saturated rings. The summed E-state index contributed by atoms with van der Waals surface area (Å²) in [6.07, 6.45) is 0.744. The molecule has 86 valence electrons. The number of nitrogens with one attached hydrogen (secondary N) is 1. The molecule has 0 radical (unpaired) electrons. The van der Waals surface area contributed by atoms with Crippen LogP contribution in [0.15, 0.2) is 18.2 Å². The Morgan fingerprint density at radius 2 is 2.12 bits per heavy atom. The Morgan fingerprint density at radius 3 is 2.81 bits per heavy atom. The van der Waals surface area contributed by atoms with Gasteiger partial charge in [0.2, 0.25) is 0 Å². The number of benzene rings is 1. The molecule has 1 heterocycles. The minimum absolute atomic E-state index is 0.488. The molecule has 0 aliphatic carbocycles. The fourth-order valence-electron chi connectivity index (χ4n) is 1.90. The van der Waals surface area contributed by atoms with Gasteiger partial charge < -0.3 is 14.6 Å². The van der Waals surface area contributed by atoms with Crippen molar-refractivity contribution < 1.29 is 9.57 Å². The van der Waals surface area contributed by atoms with Gasteiger partial charge in [-0.25, -0.2) is 5.90 Å². The van der Waals surface area contributed by atoms with Crippen LogP contribution in [0.2, 0.25) is 0 Å². The molecule has 0 aliphatic heterocycles. The summed E-state index contributed by atoms with van der Waals surface area (Å²) in [5.41, 5.74) is 3.36. The lowest BCUT2D eigenvalue weighted by Gasteiger charge is -2.08. The Morgan fingerprint density at radius 1 is 1.31 bits per heavy atom. The Balaban J connectivity index is 2.44. The SMILES string of the molecule is COc1cc2cc(C)[nH]c2cc1CCON. The number of hydrogen-bond donors (Lipinski definition) is 2. The first-order valence-electron chi connectivity index (χ1n) is 5.22. The maximum absolute atomic E-state index is 5.35. The van der Waals surface area contributed by atoms with Gasteiger partial charge in [-0.3, -0.25) is 0 Å². The summed E-state index contributed by atoms with van der Waals surface area (Å²) in [7, 11) is 1.67. The van der Waals surface area contributed by atoms with Crippen molar-refractivity contribution in [2.45, 2.75) is 13.3 Å². The first-order chi connectivity index (χ1) is 7.74. The van der Waals surface area contributed by atoms with Gasteiger partial charge in [-0.2, -0.15) is 0 Å². The molecule has 4 nitrogen and oxygen atoms in total. The number of nitrogens with two attached hydrogens (primary N) is 1. The standard InChI is InChI=1S/C12H16N2O2/c1-8-5-10-7-12(15-2)9(3-4-16-13)6-11(10)14-8/h5-7,14H,3-4,13H2,1-2H3. The van der Waals surface area contributed by atoms with Crippen molar-refractivity contribution in [1.29, 1.82) is 0 Å². The second-order valence-corrected chi connectivity index (χ2v) is 3.82. The van der Waals surface area contributed by atoms with Crippen molar-refractivity contribution in [3.8, 4) is 5.75 Å². The van der Waals surface area contributed by atoms with Gasteiger partial charge in [-0.1, -0.05) is 0 Å². The minimum atomic E-state index is 0.488. The van der Waals surface area contributed by atoms with Gasteiger partial charge in [-0.05, 0) is 30.7 Å². The van der Waals surface area contributed by atoms with E-state index in [1.807, 2.05) is 13.0 Å². The highest BCUT2D eigenvalue weighted by molar-refractivity contribution is 5.83. The second-order valence-electron chi connectivity index (χ2n) is 3.82. The number of aryl methyl sites for hydroxylation is 1. The topological polar surface area (TPSA) is 60.3 Å². The van der Waals surface area contributed by atoms with Crippen LogP contribution in [0.4, 0.5) is 0 Å². The molecule has 1 aromatic heterocycles. The Kier molecular flexibility index (Phi) is 3.12. The molecule has 0 bridgehead atoms. The van der Waals surface area contributed by atoms with E-state index in [9.17, 15) is 0 Å². The molecule has 2 rings (SSSR count). The summed E-state index contributed by atoms with van der Waals surface area (Å²) >= 11 is 0. The maximum atomic E-state index is 5.35. The van der Waals surface area contributed by atoms with Gasteiger partial charge in [0, 0.05) is 23.0 Å². The average Bonchev–Trinajstić information content (AvgIpc) is 2.63. The maximum Gasteiger partial charge on any atom is 0.122 e. The normalized spacial score (nSPS) is 10.9. The summed E-state index contributed by atoms with van der Waals surface area (Å²) in [5, 5.41) is 1.16. The number of ether oxygens (including phenoxy) is 1. The third-order valence-electron chi connectivity index (χ3n) is 2.65. The van der Waals surface area contributed by atoms with Gasteiger partial charge in [0.25, 0.3) is 0 Å². The highest BCUT2D eigenvalue weighted by Crippen LogP contribution is 2.26. The van der Waals surface area contributed by atoms with Crippen LogP contribution in [0.1, 0.15) is 11.3 Å². The highest BCUT2D eigenvalue weighted by Gasteiger charge is 2.07. The minimum Gasteiger partial charge on any atom is -0.496 e. The number of hydrogen-bond acceptors (Lipinski definition) is 3. The van der Waals surface area contributed by atoms with Crippen molar-refractivity contribution in [2.24, 2.45) is 5.90 Å².